The number of nitrogens with zero attached hydrogens (tertiary/aromatic N) is 2. The van der Waals surface area contributed by atoms with Crippen LogP contribution in [0.3, 0.4) is 0 Å². The Morgan fingerprint density at radius 1 is 0.867 bits per heavy atom. The first kappa shape index (κ1) is 19.7. The lowest BCUT2D eigenvalue weighted by molar-refractivity contribution is 0.628. The van der Waals surface area contributed by atoms with E-state index in [1.54, 1.807) is 18.5 Å². The smallest absolute Gasteiger partial charge is 0.126 e. The molecule has 0 saturated carbocycles. The molecule has 5 heteroatoms. The first-order chi connectivity index (χ1) is 14.7. The molecule has 0 radical (unpaired) electrons. The predicted molar refractivity (Wildman–Crippen MR) is 119 cm³/mol. The Morgan fingerprint density at radius 3 is 2.43 bits per heavy atom. The molecule has 2 heterocycles. The Balaban J connectivity index is 1.58. The van der Waals surface area contributed by atoms with Crippen LogP contribution in [0.5, 0.6) is 0 Å². The molecule has 1 atom stereocenters. The average Bonchev–Trinajstić information content (AvgIpc) is 2.79. The monoisotopic (exact) mass is 398 g/mol. The molecule has 30 heavy (non-hydrogen) atoms. The molecular weight excluding hydrogens is 375 g/mol. The lowest BCUT2D eigenvalue weighted by Crippen LogP contribution is -2.31. The molecule has 0 bridgehead atoms. The summed E-state index contributed by atoms with van der Waals surface area (Å²) in [7, 11) is 0. The summed E-state index contributed by atoms with van der Waals surface area (Å²) in [6, 6.07) is 24.3. The Bertz CT molecular complexity index is 1100. The minimum Gasteiger partial charge on any atom is -0.368 e. The maximum Gasteiger partial charge on any atom is 0.126 e. The SMILES string of the molecule is NC(CNc1ccc(-c2cccc(F)c2)c(-c2ccncc2)n1)Cc1ccccc1. The number of halogens is 1. The minimum absolute atomic E-state index is 0.0403. The molecule has 0 amide bonds. The third kappa shape index (κ3) is 4.88. The third-order valence-corrected chi connectivity index (χ3v) is 4.87. The maximum atomic E-state index is 13.8. The molecule has 0 saturated heterocycles. The van der Waals surface area contributed by atoms with Crippen molar-refractivity contribution in [2.45, 2.75) is 12.5 Å². The highest BCUT2D eigenvalue weighted by atomic mass is 19.1. The van der Waals surface area contributed by atoms with Gasteiger partial charge in [-0.25, -0.2) is 9.37 Å². The molecule has 3 N–H and O–H groups in total. The molecule has 0 aliphatic carbocycles. The van der Waals surface area contributed by atoms with Crippen LogP contribution in [0, 0.1) is 5.82 Å². The highest BCUT2D eigenvalue weighted by molar-refractivity contribution is 5.81. The fourth-order valence-corrected chi connectivity index (χ4v) is 3.40. The topological polar surface area (TPSA) is 63.8 Å². The van der Waals surface area contributed by atoms with Crippen LogP contribution in [0.2, 0.25) is 0 Å². The van der Waals surface area contributed by atoms with Crippen molar-refractivity contribution >= 4 is 5.82 Å². The van der Waals surface area contributed by atoms with Crippen molar-refractivity contribution in [1.82, 2.24) is 9.97 Å². The van der Waals surface area contributed by atoms with Crippen molar-refractivity contribution in [2.75, 3.05) is 11.9 Å². The van der Waals surface area contributed by atoms with Gasteiger partial charge in [-0.05, 0) is 53.9 Å². The van der Waals surface area contributed by atoms with Gasteiger partial charge in [0.25, 0.3) is 0 Å². The number of benzene rings is 2. The summed E-state index contributed by atoms with van der Waals surface area (Å²) < 4.78 is 13.8. The van der Waals surface area contributed by atoms with Gasteiger partial charge >= 0.3 is 0 Å². The number of nitrogens with two attached hydrogens (primary N) is 1. The molecule has 2 aromatic carbocycles. The van der Waals surface area contributed by atoms with E-state index in [4.69, 9.17) is 10.7 Å². The summed E-state index contributed by atoms with van der Waals surface area (Å²) in [6.45, 7) is 0.594. The molecule has 2 aromatic heterocycles. The molecule has 0 fully saturated rings. The van der Waals surface area contributed by atoms with Gasteiger partial charge < -0.3 is 11.1 Å². The molecule has 4 aromatic rings. The molecular formula is C25H23FN4. The Morgan fingerprint density at radius 2 is 1.67 bits per heavy atom. The van der Waals surface area contributed by atoms with Gasteiger partial charge in [-0.1, -0.05) is 42.5 Å². The van der Waals surface area contributed by atoms with Crippen molar-refractivity contribution in [3.63, 3.8) is 0 Å². The lowest BCUT2D eigenvalue weighted by atomic mass is 10.00. The number of anilines is 1. The van der Waals surface area contributed by atoms with E-state index in [1.165, 1.54) is 17.7 Å². The largest absolute Gasteiger partial charge is 0.368 e. The van der Waals surface area contributed by atoms with E-state index in [9.17, 15) is 4.39 Å². The van der Waals surface area contributed by atoms with Crippen LogP contribution < -0.4 is 11.1 Å². The Labute approximate surface area is 175 Å². The second kappa shape index (κ2) is 9.29. The van der Waals surface area contributed by atoms with E-state index < -0.39 is 0 Å². The normalized spacial score (nSPS) is 11.8. The van der Waals surface area contributed by atoms with Crippen molar-refractivity contribution < 1.29 is 4.39 Å². The molecule has 0 aliphatic rings. The van der Waals surface area contributed by atoms with E-state index in [1.807, 2.05) is 48.5 Å². The van der Waals surface area contributed by atoms with Crippen LogP contribution in [0.1, 0.15) is 5.56 Å². The number of pyridine rings is 2. The van der Waals surface area contributed by atoms with E-state index in [0.717, 1.165) is 34.6 Å². The van der Waals surface area contributed by atoms with Crippen LogP contribution in [0.4, 0.5) is 10.2 Å². The molecule has 1 unspecified atom stereocenters. The van der Waals surface area contributed by atoms with E-state index in [2.05, 4.69) is 22.4 Å². The molecule has 0 aliphatic heterocycles. The van der Waals surface area contributed by atoms with Crippen molar-refractivity contribution in [1.29, 1.82) is 0 Å². The van der Waals surface area contributed by atoms with Gasteiger partial charge in [0, 0.05) is 36.1 Å². The van der Waals surface area contributed by atoms with Crippen LogP contribution in [-0.4, -0.2) is 22.6 Å². The summed E-state index contributed by atoms with van der Waals surface area (Å²) >= 11 is 0. The third-order valence-electron chi connectivity index (χ3n) is 4.87. The zero-order valence-corrected chi connectivity index (χ0v) is 16.5. The van der Waals surface area contributed by atoms with Crippen LogP contribution in [0.15, 0.2) is 91.3 Å². The van der Waals surface area contributed by atoms with Crippen LogP contribution >= 0.6 is 0 Å². The summed E-state index contributed by atoms with van der Waals surface area (Å²) in [5.74, 6) is 0.452. The fourth-order valence-electron chi connectivity index (χ4n) is 3.40. The lowest BCUT2D eigenvalue weighted by Gasteiger charge is -2.16. The van der Waals surface area contributed by atoms with Gasteiger partial charge in [-0.15, -0.1) is 0 Å². The summed E-state index contributed by atoms with van der Waals surface area (Å²) in [5.41, 5.74) is 10.8. The van der Waals surface area contributed by atoms with Crippen molar-refractivity contribution in [3.8, 4) is 22.4 Å². The van der Waals surface area contributed by atoms with Crippen LogP contribution in [-0.2, 0) is 6.42 Å². The minimum atomic E-state index is -0.276. The zero-order chi connectivity index (χ0) is 20.8. The number of rotatable bonds is 7. The van der Waals surface area contributed by atoms with Gasteiger partial charge in [-0.3, -0.25) is 4.98 Å². The van der Waals surface area contributed by atoms with Gasteiger partial charge in [0.15, 0.2) is 0 Å². The van der Waals surface area contributed by atoms with Crippen LogP contribution in [0.25, 0.3) is 22.4 Å². The van der Waals surface area contributed by atoms with Crippen molar-refractivity contribution in [3.05, 3.63) is 103 Å². The highest BCUT2D eigenvalue weighted by Gasteiger charge is 2.12. The quantitative estimate of drug-likeness (QED) is 0.463. The summed E-state index contributed by atoms with van der Waals surface area (Å²) in [6.07, 6.45) is 4.23. The molecule has 4 rings (SSSR count). The number of hydrogen-bond acceptors (Lipinski definition) is 4. The first-order valence-electron chi connectivity index (χ1n) is 9.90. The predicted octanol–water partition coefficient (Wildman–Crippen LogP) is 4.93. The number of hydrogen-bond donors (Lipinski definition) is 2. The average molecular weight is 398 g/mol. The van der Waals surface area contributed by atoms with E-state index >= 15 is 0 Å². The van der Waals surface area contributed by atoms with Gasteiger partial charge in [0.05, 0.1) is 5.69 Å². The first-order valence-corrected chi connectivity index (χ1v) is 9.90. The Kier molecular flexibility index (Phi) is 6.11. The number of aromatic nitrogens is 2. The van der Waals surface area contributed by atoms with Crippen molar-refractivity contribution in [2.24, 2.45) is 5.73 Å². The Hall–Kier alpha value is -3.57. The molecule has 150 valence electrons. The van der Waals surface area contributed by atoms with Gasteiger partial charge in [0.1, 0.15) is 11.6 Å². The van der Waals surface area contributed by atoms with Gasteiger partial charge in [-0.2, -0.15) is 0 Å². The zero-order valence-electron chi connectivity index (χ0n) is 16.5. The second-order valence-corrected chi connectivity index (χ2v) is 7.17. The summed E-state index contributed by atoms with van der Waals surface area (Å²) in [4.78, 5) is 8.90. The summed E-state index contributed by atoms with van der Waals surface area (Å²) in [5, 5.41) is 3.34. The fraction of sp³-hybridized carbons (Fsp3) is 0.120. The standard InChI is InChI=1S/C25H23FN4/c26-21-8-4-7-20(16-21)23-9-10-24(30-25(23)19-11-13-28-14-12-19)29-17-22(27)15-18-5-2-1-3-6-18/h1-14,16,22H,15,17,27H2,(H,29,30). The molecule has 4 nitrogen and oxygen atoms in total. The maximum absolute atomic E-state index is 13.8. The highest BCUT2D eigenvalue weighted by Crippen LogP contribution is 2.31. The van der Waals surface area contributed by atoms with Gasteiger partial charge in [0.2, 0.25) is 0 Å². The number of nitrogens with one attached hydrogen (secondary N) is 1. The van der Waals surface area contributed by atoms with E-state index in [-0.39, 0.29) is 11.9 Å². The second-order valence-electron chi connectivity index (χ2n) is 7.17. The van der Waals surface area contributed by atoms with E-state index in [0.29, 0.717) is 6.54 Å². The molecule has 0 spiro atoms.